The zero-order chi connectivity index (χ0) is 7.44. The Morgan fingerprint density at radius 1 is 1.22 bits per heavy atom. The van der Waals surface area contributed by atoms with Crippen molar-refractivity contribution in [2.45, 2.75) is 31.7 Å². The van der Waals surface area contributed by atoms with Gasteiger partial charge in [0.05, 0.1) is 0 Å². The van der Waals surface area contributed by atoms with E-state index in [0.29, 0.717) is 0 Å². The molecule has 0 fully saturated rings. The Hall–Kier alpha value is 0.00688. The average molecular weight is 156 g/mol. The summed E-state index contributed by atoms with van der Waals surface area (Å²) in [5.74, 6) is 0. The number of halogens is 3. The summed E-state index contributed by atoms with van der Waals surface area (Å²) >= 11 is 0. The number of hydrogen-bond acceptors (Lipinski definition) is 0. The lowest BCUT2D eigenvalue weighted by molar-refractivity contribution is 0.0600. The fourth-order valence-electron chi connectivity index (χ4n) is 0.553. The van der Waals surface area contributed by atoms with Crippen molar-refractivity contribution in [1.29, 1.82) is 0 Å². The maximum absolute atomic E-state index is 12.1. The molecule has 0 aromatic rings. The smallest absolute Gasteiger partial charge is 0.242 e. The third kappa shape index (κ3) is 4.51. The summed E-state index contributed by atoms with van der Waals surface area (Å²) in [6.07, 6.45) is -4.66. The third-order valence-corrected chi connectivity index (χ3v) is 2.36. The Kier molecular flexibility index (Phi) is 3.93. The zero-order valence-corrected chi connectivity index (χ0v) is 6.73. The molecular formula is C5H11F3Si. The Bertz CT molecular complexity index is 74.6. The van der Waals surface area contributed by atoms with Crippen molar-refractivity contribution >= 4 is 8.80 Å². The lowest BCUT2D eigenvalue weighted by Crippen LogP contribution is -2.17. The molecule has 0 aromatic carbocycles. The summed E-state index contributed by atoms with van der Waals surface area (Å²) in [5.41, 5.74) is 0. The molecule has 0 aliphatic rings. The molecule has 0 aliphatic carbocycles. The number of alkyl halides is 3. The van der Waals surface area contributed by atoms with Gasteiger partial charge < -0.3 is 0 Å². The molecule has 1 unspecified atom stereocenters. The molecule has 56 valence electrons. The minimum Gasteiger partial charge on any atom is -0.242 e. The van der Waals surface area contributed by atoms with Crippen LogP contribution in [0.4, 0.5) is 13.2 Å². The van der Waals surface area contributed by atoms with Gasteiger partial charge in [0.25, 0.3) is 6.43 Å². The van der Waals surface area contributed by atoms with E-state index in [9.17, 15) is 13.2 Å². The zero-order valence-electron chi connectivity index (χ0n) is 5.57. The fourth-order valence-corrected chi connectivity index (χ4v) is 1.66. The van der Waals surface area contributed by atoms with Gasteiger partial charge in [-0.3, -0.25) is 0 Å². The van der Waals surface area contributed by atoms with Gasteiger partial charge >= 0.3 is 0 Å². The van der Waals surface area contributed by atoms with Gasteiger partial charge in [0.1, 0.15) is 0 Å². The third-order valence-electron chi connectivity index (χ3n) is 0.970. The van der Waals surface area contributed by atoms with Crippen LogP contribution in [0.5, 0.6) is 0 Å². The topological polar surface area (TPSA) is 0 Å². The predicted molar refractivity (Wildman–Crippen MR) is 34.6 cm³/mol. The average Bonchev–Trinajstić information content (AvgIpc) is 1.63. The molecule has 0 amide bonds. The first-order valence-corrected chi connectivity index (χ1v) is 6.09. The van der Waals surface area contributed by atoms with Crippen LogP contribution in [0, 0.1) is 0 Å². The molecular weight excluding hydrogens is 145 g/mol. The van der Waals surface area contributed by atoms with E-state index in [-0.39, 0.29) is 6.04 Å². The molecule has 0 aliphatic heterocycles. The first-order valence-electron chi connectivity index (χ1n) is 2.96. The van der Waals surface area contributed by atoms with Gasteiger partial charge in [0.2, 0.25) is 0 Å². The van der Waals surface area contributed by atoms with Gasteiger partial charge in [0.15, 0.2) is 6.17 Å². The van der Waals surface area contributed by atoms with Crippen molar-refractivity contribution in [3.63, 3.8) is 0 Å². The Morgan fingerprint density at radius 3 is 1.78 bits per heavy atom. The van der Waals surface area contributed by atoms with Crippen molar-refractivity contribution < 1.29 is 13.2 Å². The quantitative estimate of drug-likeness (QED) is 0.549. The van der Waals surface area contributed by atoms with Crippen LogP contribution in [0.3, 0.4) is 0 Å². The SMILES string of the molecule is C[SiH](C)CC(F)C(F)F. The minimum atomic E-state index is -2.78. The van der Waals surface area contributed by atoms with Crippen molar-refractivity contribution in [2.75, 3.05) is 0 Å². The normalized spacial score (nSPS) is 15.0. The summed E-state index contributed by atoms with van der Waals surface area (Å²) in [4.78, 5) is 0. The molecule has 9 heavy (non-hydrogen) atoms. The Morgan fingerprint density at radius 2 is 1.67 bits per heavy atom. The van der Waals surface area contributed by atoms with Crippen LogP contribution in [0.1, 0.15) is 0 Å². The molecule has 0 radical (unpaired) electrons. The van der Waals surface area contributed by atoms with E-state index in [1.807, 2.05) is 13.1 Å². The van der Waals surface area contributed by atoms with E-state index in [0.717, 1.165) is 0 Å². The largest absolute Gasteiger partial charge is 0.269 e. The molecule has 4 heteroatoms. The van der Waals surface area contributed by atoms with E-state index in [2.05, 4.69) is 0 Å². The van der Waals surface area contributed by atoms with Crippen LogP contribution in [0.15, 0.2) is 0 Å². The van der Waals surface area contributed by atoms with Gasteiger partial charge in [0, 0.05) is 8.80 Å². The van der Waals surface area contributed by atoms with E-state index >= 15 is 0 Å². The summed E-state index contributed by atoms with van der Waals surface area (Å²) in [5, 5.41) is 0. The number of hydrogen-bond donors (Lipinski definition) is 0. The van der Waals surface area contributed by atoms with E-state index in [1.54, 1.807) is 0 Å². The molecule has 0 heterocycles. The highest BCUT2D eigenvalue weighted by molar-refractivity contribution is 6.55. The van der Waals surface area contributed by atoms with E-state index in [4.69, 9.17) is 0 Å². The number of rotatable bonds is 3. The van der Waals surface area contributed by atoms with Crippen LogP contribution in [0.2, 0.25) is 19.1 Å². The van der Waals surface area contributed by atoms with Crippen molar-refractivity contribution in [3.05, 3.63) is 0 Å². The molecule has 1 atom stereocenters. The van der Waals surface area contributed by atoms with Gasteiger partial charge in [-0.2, -0.15) is 0 Å². The molecule has 0 rings (SSSR count). The summed E-state index contributed by atoms with van der Waals surface area (Å²) in [6.45, 7) is 3.71. The minimum absolute atomic E-state index is 0.0949. The van der Waals surface area contributed by atoms with Crippen molar-refractivity contribution in [1.82, 2.24) is 0 Å². The Labute approximate surface area is 54.7 Å². The van der Waals surface area contributed by atoms with Crippen LogP contribution in [0.25, 0.3) is 0 Å². The molecule has 0 N–H and O–H groups in total. The fraction of sp³-hybridized carbons (Fsp3) is 1.00. The summed E-state index contributed by atoms with van der Waals surface area (Å²) in [6, 6.07) is 0.0949. The van der Waals surface area contributed by atoms with Crippen molar-refractivity contribution in [2.24, 2.45) is 0 Å². The monoisotopic (exact) mass is 156 g/mol. The van der Waals surface area contributed by atoms with Crippen LogP contribution >= 0.6 is 0 Å². The lowest BCUT2D eigenvalue weighted by atomic mass is 10.5. The standard InChI is InChI=1S/C5H11F3Si/c1-9(2)3-4(6)5(7)8/h4-5,9H,3H2,1-2H3. The maximum Gasteiger partial charge on any atom is 0.269 e. The first kappa shape index (κ1) is 9.01. The second kappa shape index (κ2) is 3.93. The molecule has 0 bridgehead atoms. The molecule has 0 saturated carbocycles. The van der Waals surface area contributed by atoms with E-state index < -0.39 is 21.4 Å². The lowest BCUT2D eigenvalue weighted by Gasteiger charge is -2.07. The first-order chi connectivity index (χ1) is 4.04. The maximum atomic E-state index is 12.1. The Balaban J connectivity index is 3.38. The molecule has 0 aromatic heterocycles. The second-order valence-electron chi connectivity index (χ2n) is 2.48. The highest BCUT2D eigenvalue weighted by atomic mass is 28.3. The molecule has 0 saturated heterocycles. The van der Waals surface area contributed by atoms with Crippen LogP contribution in [-0.2, 0) is 0 Å². The van der Waals surface area contributed by atoms with Gasteiger partial charge in [-0.25, -0.2) is 13.2 Å². The predicted octanol–water partition coefficient (Wildman–Crippen LogP) is 2.08. The van der Waals surface area contributed by atoms with Gasteiger partial charge in [-0.15, -0.1) is 0 Å². The van der Waals surface area contributed by atoms with Gasteiger partial charge in [-0.1, -0.05) is 13.1 Å². The van der Waals surface area contributed by atoms with E-state index in [1.165, 1.54) is 0 Å². The molecule has 0 nitrogen and oxygen atoms in total. The van der Waals surface area contributed by atoms with Gasteiger partial charge in [-0.05, 0) is 6.04 Å². The second-order valence-corrected chi connectivity index (χ2v) is 5.74. The highest BCUT2D eigenvalue weighted by Crippen LogP contribution is 2.11. The molecule has 0 spiro atoms. The summed E-state index contributed by atoms with van der Waals surface area (Å²) < 4.78 is 34.9. The van der Waals surface area contributed by atoms with Crippen LogP contribution in [-0.4, -0.2) is 21.4 Å². The summed E-state index contributed by atoms with van der Waals surface area (Å²) in [7, 11) is -1.14. The van der Waals surface area contributed by atoms with Crippen molar-refractivity contribution in [3.8, 4) is 0 Å². The van der Waals surface area contributed by atoms with Crippen LogP contribution < -0.4 is 0 Å². The highest BCUT2D eigenvalue weighted by Gasteiger charge is 2.19.